The number of amides is 2. The van der Waals surface area contributed by atoms with E-state index >= 15 is 0 Å². The van der Waals surface area contributed by atoms with Gasteiger partial charge in [0.25, 0.3) is 0 Å². The Morgan fingerprint density at radius 1 is 1.19 bits per heavy atom. The highest BCUT2D eigenvalue weighted by atomic mass is 16.5. The van der Waals surface area contributed by atoms with Gasteiger partial charge in [-0.15, -0.1) is 0 Å². The molecule has 2 amide bonds. The molecule has 1 saturated heterocycles. The van der Waals surface area contributed by atoms with Crippen LogP contribution in [0.4, 0.5) is 10.6 Å². The Morgan fingerprint density at radius 3 is 2.67 bits per heavy atom. The lowest BCUT2D eigenvalue weighted by Crippen LogP contribution is -2.42. The molecule has 0 bridgehead atoms. The van der Waals surface area contributed by atoms with Crippen LogP contribution in [0.25, 0.3) is 10.8 Å². The molecule has 1 aliphatic heterocycles. The molecule has 3 N–H and O–H groups in total. The number of ether oxygens (including phenoxy) is 2. The van der Waals surface area contributed by atoms with Gasteiger partial charge in [-0.1, -0.05) is 18.2 Å². The Balaban J connectivity index is 1.53. The minimum atomic E-state index is -0.453. The summed E-state index contributed by atoms with van der Waals surface area (Å²) in [4.78, 5) is 18.1. The van der Waals surface area contributed by atoms with E-state index in [4.69, 9.17) is 20.2 Å². The molecule has 2 heterocycles. The maximum Gasteiger partial charge on any atom is 0.312 e. The molecule has 144 valence electrons. The molecule has 27 heavy (non-hydrogen) atoms. The number of carbonyl (C=O) groups is 1. The molecule has 1 aromatic carbocycles. The summed E-state index contributed by atoms with van der Waals surface area (Å²) in [5.74, 6) is 1.64. The van der Waals surface area contributed by atoms with Crippen molar-refractivity contribution >= 4 is 22.6 Å². The van der Waals surface area contributed by atoms with E-state index in [1.807, 2.05) is 12.1 Å². The van der Waals surface area contributed by atoms with Gasteiger partial charge in [-0.05, 0) is 43.2 Å². The number of hydrogen-bond acceptors (Lipinski definition) is 5. The van der Waals surface area contributed by atoms with Crippen molar-refractivity contribution < 1.29 is 14.3 Å². The minimum absolute atomic E-state index is 0.103. The van der Waals surface area contributed by atoms with Crippen LogP contribution >= 0.6 is 0 Å². The van der Waals surface area contributed by atoms with E-state index in [9.17, 15) is 4.79 Å². The van der Waals surface area contributed by atoms with Gasteiger partial charge in [0.2, 0.25) is 5.88 Å². The van der Waals surface area contributed by atoms with Crippen molar-refractivity contribution in [3.05, 3.63) is 30.3 Å². The predicted molar refractivity (Wildman–Crippen MR) is 104 cm³/mol. The Hall–Kier alpha value is -2.54. The number of pyridine rings is 1. The van der Waals surface area contributed by atoms with E-state index in [1.54, 1.807) is 0 Å². The van der Waals surface area contributed by atoms with Crippen LogP contribution in [0.15, 0.2) is 30.3 Å². The van der Waals surface area contributed by atoms with Gasteiger partial charge in [0, 0.05) is 24.5 Å². The third kappa shape index (κ3) is 4.24. The van der Waals surface area contributed by atoms with Gasteiger partial charge < -0.3 is 25.4 Å². The van der Waals surface area contributed by atoms with Crippen molar-refractivity contribution in [3.8, 4) is 5.88 Å². The molecule has 0 unspecified atom stereocenters. The number of primary amides is 1. The molecule has 1 aromatic heterocycles. The van der Waals surface area contributed by atoms with Crippen molar-refractivity contribution in [1.82, 2.24) is 10.3 Å². The number of morpholine rings is 1. The summed E-state index contributed by atoms with van der Waals surface area (Å²) < 4.78 is 11.8. The second-order valence-corrected chi connectivity index (χ2v) is 7.21. The van der Waals surface area contributed by atoms with Crippen molar-refractivity contribution in [2.45, 2.75) is 37.8 Å². The molecule has 2 aromatic rings. The lowest BCUT2D eigenvalue weighted by Gasteiger charge is -2.30. The topological polar surface area (TPSA) is 89.7 Å². The van der Waals surface area contributed by atoms with E-state index in [1.165, 1.54) is 0 Å². The summed E-state index contributed by atoms with van der Waals surface area (Å²) in [5, 5.41) is 4.96. The average molecular weight is 370 g/mol. The van der Waals surface area contributed by atoms with Gasteiger partial charge in [-0.25, -0.2) is 4.79 Å². The summed E-state index contributed by atoms with van der Waals surface area (Å²) in [6.45, 7) is 3.13. The molecule has 1 saturated carbocycles. The van der Waals surface area contributed by atoms with Gasteiger partial charge >= 0.3 is 6.03 Å². The van der Waals surface area contributed by atoms with Crippen LogP contribution < -0.4 is 20.7 Å². The number of hydrogen-bond donors (Lipinski definition) is 2. The minimum Gasteiger partial charge on any atom is -0.474 e. The zero-order valence-electron chi connectivity index (χ0n) is 15.4. The van der Waals surface area contributed by atoms with Crippen LogP contribution in [0.5, 0.6) is 5.88 Å². The molecule has 7 nitrogen and oxygen atoms in total. The summed E-state index contributed by atoms with van der Waals surface area (Å²) in [7, 11) is 0. The first kappa shape index (κ1) is 17.9. The zero-order valence-corrected chi connectivity index (χ0v) is 15.4. The van der Waals surface area contributed by atoms with Crippen molar-refractivity contribution in [1.29, 1.82) is 0 Å². The van der Waals surface area contributed by atoms with Gasteiger partial charge in [-0.2, -0.15) is 4.98 Å². The molecule has 1 aliphatic carbocycles. The Bertz CT molecular complexity index is 799. The third-order valence-electron chi connectivity index (χ3n) is 5.33. The van der Waals surface area contributed by atoms with Crippen molar-refractivity contribution in [2.75, 3.05) is 31.2 Å². The monoisotopic (exact) mass is 370 g/mol. The molecular weight excluding hydrogens is 344 g/mol. The first-order valence-electron chi connectivity index (χ1n) is 9.64. The van der Waals surface area contributed by atoms with Crippen LogP contribution in [0.2, 0.25) is 0 Å². The second kappa shape index (κ2) is 8.00. The highest BCUT2D eigenvalue weighted by molar-refractivity contribution is 5.89. The zero-order chi connectivity index (χ0) is 18.6. The van der Waals surface area contributed by atoms with E-state index in [0.717, 1.165) is 68.6 Å². The molecular formula is C20H26N4O3. The predicted octanol–water partition coefficient (Wildman–Crippen LogP) is 2.43. The highest BCUT2D eigenvalue weighted by Crippen LogP contribution is 2.31. The van der Waals surface area contributed by atoms with Crippen molar-refractivity contribution in [3.63, 3.8) is 0 Å². The molecule has 7 heteroatoms. The molecule has 0 radical (unpaired) electrons. The number of benzene rings is 1. The second-order valence-electron chi connectivity index (χ2n) is 7.21. The van der Waals surface area contributed by atoms with E-state index in [0.29, 0.717) is 5.88 Å². The van der Waals surface area contributed by atoms with Gasteiger partial charge in [0.05, 0.1) is 13.2 Å². The van der Waals surface area contributed by atoms with Crippen LogP contribution in [0, 0.1) is 0 Å². The molecule has 4 rings (SSSR count). The lowest BCUT2D eigenvalue weighted by atomic mass is 9.93. The number of urea groups is 1. The van der Waals surface area contributed by atoms with Gasteiger partial charge in [0.1, 0.15) is 11.9 Å². The number of fused-ring (bicyclic) bond motifs is 1. The normalized spacial score (nSPS) is 23.2. The fourth-order valence-corrected chi connectivity index (χ4v) is 3.88. The van der Waals surface area contributed by atoms with Crippen LogP contribution in [-0.4, -0.2) is 49.5 Å². The SMILES string of the molecule is NC(=O)N[C@H]1CC[C@@H](Oc2nc(N3CCOCC3)cc3ccccc23)CC1. The summed E-state index contributed by atoms with van der Waals surface area (Å²) in [5.41, 5.74) is 5.23. The first-order chi connectivity index (χ1) is 13.2. The Kier molecular flexibility index (Phi) is 5.29. The van der Waals surface area contributed by atoms with E-state index in [2.05, 4.69) is 28.4 Å². The first-order valence-corrected chi connectivity index (χ1v) is 9.64. The average Bonchev–Trinajstić information content (AvgIpc) is 2.70. The van der Waals surface area contributed by atoms with Crippen LogP contribution in [0.3, 0.4) is 0 Å². The van der Waals surface area contributed by atoms with Crippen molar-refractivity contribution in [2.24, 2.45) is 5.73 Å². The van der Waals surface area contributed by atoms with E-state index in [-0.39, 0.29) is 12.1 Å². The molecule has 0 spiro atoms. The molecule has 2 fully saturated rings. The standard InChI is InChI=1S/C20H26N4O3/c21-20(25)22-15-5-7-16(8-6-15)27-19-17-4-2-1-3-14(17)13-18(23-19)24-9-11-26-12-10-24/h1-4,13,15-16H,5-12H2,(H3,21,22,25)/t15-,16+. The fourth-order valence-electron chi connectivity index (χ4n) is 3.88. The lowest BCUT2D eigenvalue weighted by molar-refractivity contribution is 0.121. The third-order valence-corrected chi connectivity index (χ3v) is 5.33. The van der Waals surface area contributed by atoms with Crippen LogP contribution in [0.1, 0.15) is 25.7 Å². The summed E-state index contributed by atoms with van der Waals surface area (Å²) in [6.07, 6.45) is 3.60. The van der Waals surface area contributed by atoms with Gasteiger partial charge in [0.15, 0.2) is 0 Å². The largest absolute Gasteiger partial charge is 0.474 e. The number of aromatic nitrogens is 1. The van der Waals surface area contributed by atoms with Gasteiger partial charge in [-0.3, -0.25) is 0 Å². The Labute approximate surface area is 158 Å². The smallest absolute Gasteiger partial charge is 0.312 e. The number of nitrogens with two attached hydrogens (primary N) is 1. The number of anilines is 1. The molecule has 0 atom stereocenters. The quantitative estimate of drug-likeness (QED) is 0.863. The van der Waals surface area contributed by atoms with E-state index < -0.39 is 6.03 Å². The van der Waals surface area contributed by atoms with Crippen LogP contribution in [-0.2, 0) is 4.74 Å². The maximum absolute atomic E-state index is 11.0. The molecule has 2 aliphatic rings. The maximum atomic E-state index is 11.0. The number of carbonyl (C=O) groups excluding carboxylic acids is 1. The fraction of sp³-hybridized carbons (Fsp3) is 0.500. The number of nitrogens with zero attached hydrogens (tertiary/aromatic N) is 2. The number of rotatable bonds is 4. The summed E-state index contributed by atoms with van der Waals surface area (Å²) in [6, 6.07) is 10.0. The Morgan fingerprint density at radius 2 is 1.93 bits per heavy atom. The highest BCUT2D eigenvalue weighted by Gasteiger charge is 2.24. The summed E-state index contributed by atoms with van der Waals surface area (Å²) >= 11 is 0. The number of nitrogens with one attached hydrogen (secondary N) is 1.